The molecule has 0 saturated carbocycles. The van der Waals surface area contributed by atoms with Gasteiger partial charge in [0.05, 0.1) is 30.8 Å². The van der Waals surface area contributed by atoms with Gasteiger partial charge in [-0.15, -0.1) is 11.3 Å². The predicted molar refractivity (Wildman–Crippen MR) is 89.4 cm³/mol. The van der Waals surface area contributed by atoms with Crippen LogP contribution >= 0.6 is 11.3 Å². The van der Waals surface area contributed by atoms with Gasteiger partial charge in [0.25, 0.3) is 0 Å². The molecular formula is C16H23N3O3S. The first-order chi connectivity index (χ1) is 11.1. The first-order valence-corrected chi connectivity index (χ1v) is 8.72. The van der Waals surface area contributed by atoms with Gasteiger partial charge < -0.3 is 19.6 Å². The van der Waals surface area contributed by atoms with E-state index in [9.17, 15) is 5.11 Å². The van der Waals surface area contributed by atoms with E-state index in [1.807, 2.05) is 24.4 Å². The summed E-state index contributed by atoms with van der Waals surface area (Å²) in [6.07, 6.45) is 1.65. The molecule has 3 rings (SSSR count). The van der Waals surface area contributed by atoms with Crippen molar-refractivity contribution in [2.75, 3.05) is 39.4 Å². The Morgan fingerprint density at radius 2 is 2.26 bits per heavy atom. The van der Waals surface area contributed by atoms with Gasteiger partial charge in [-0.05, 0) is 19.1 Å². The second-order valence-corrected chi connectivity index (χ2v) is 6.97. The molecule has 2 N–H and O–H groups in total. The minimum absolute atomic E-state index is 0.526. The van der Waals surface area contributed by atoms with Gasteiger partial charge in [0.2, 0.25) is 0 Å². The molecule has 1 aliphatic heterocycles. The van der Waals surface area contributed by atoms with Gasteiger partial charge in [-0.3, -0.25) is 4.90 Å². The molecule has 0 radical (unpaired) electrons. The van der Waals surface area contributed by atoms with Crippen LogP contribution in [0, 0.1) is 0 Å². The van der Waals surface area contributed by atoms with E-state index in [-0.39, 0.29) is 0 Å². The number of thiazole rings is 1. The van der Waals surface area contributed by atoms with Crippen LogP contribution in [0.3, 0.4) is 0 Å². The molecule has 0 bridgehead atoms. The highest BCUT2D eigenvalue weighted by molar-refractivity contribution is 7.13. The summed E-state index contributed by atoms with van der Waals surface area (Å²) in [7, 11) is 0. The van der Waals surface area contributed by atoms with E-state index >= 15 is 0 Å². The molecule has 1 atom stereocenters. The Morgan fingerprint density at radius 3 is 3.00 bits per heavy atom. The Balaban J connectivity index is 1.45. The lowest BCUT2D eigenvalue weighted by Crippen LogP contribution is -2.50. The van der Waals surface area contributed by atoms with E-state index in [2.05, 4.69) is 15.2 Å². The average Bonchev–Trinajstić information content (AvgIpc) is 3.18. The summed E-state index contributed by atoms with van der Waals surface area (Å²) in [5.74, 6) is 0.792. The number of nitrogens with zero attached hydrogens (tertiary/aromatic N) is 2. The van der Waals surface area contributed by atoms with Crippen molar-refractivity contribution < 1.29 is 14.3 Å². The average molecular weight is 337 g/mol. The minimum atomic E-state index is -0.767. The Kier molecular flexibility index (Phi) is 5.45. The van der Waals surface area contributed by atoms with E-state index in [1.54, 1.807) is 17.6 Å². The SMILES string of the molecule is CC(O)(CNCc1csc(-c2ccco2)n1)CN1CCOCC1. The fourth-order valence-electron chi connectivity index (χ4n) is 2.66. The van der Waals surface area contributed by atoms with Crippen molar-refractivity contribution in [1.82, 2.24) is 15.2 Å². The number of morpholine rings is 1. The molecule has 3 heterocycles. The highest BCUT2D eigenvalue weighted by Gasteiger charge is 2.24. The molecule has 126 valence electrons. The first-order valence-electron chi connectivity index (χ1n) is 7.84. The lowest BCUT2D eigenvalue weighted by molar-refractivity contribution is -0.0219. The number of nitrogens with one attached hydrogen (secondary N) is 1. The second-order valence-electron chi connectivity index (χ2n) is 6.11. The molecule has 1 unspecified atom stereocenters. The van der Waals surface area contributed by atoms with Crippen molar-refractivity contribution in [3.8, 4) is 10.8 Å². The molecule has 0 amide bonds. The first kappa shape index (κ1) is 16.6. The summed E-state index contributed by atoms with van der Waals surface area (Å²) in [6.45, 7) is 6.94. The van der Waals surface area contributed by atoms with Gasteiger partial charge in [-0.2, -0.15) is 0 Å². The van der Waals surface area contributed by atoms with Crippen LogP contribution in [-0.2, 0) is 11.3 Å². The zero-order valence-corrected chi connectivity index (χ0v) is 14.1. The zero-order chi connectivity index (χ0) is 16.1. The fraction of sp³-hybridized carbons (Fsp3) is 0.562. The number of furan rings is 1. The minimum Gasteiger partial charge on any atom is -0.462 e. The van der Waals surface area contributed by atoms with E-state index in [4.69, 9.17) is 9.15 Å². The van der Waals surface area contributed by atoms with Gasteiger partial charge in [0, 0.05) is 38.1 Å². The van der Waals surface area contributed by atoms with Gasteiger partial charge in [0.15, 0.2) is 10.8 Å². The van der Waals surface area contributed by atoms with Crippen LogP contribution in [-0.4, -0.2) is 60.0 Å². The van der Waals surface area contributed by atoms with Crippen molar-refractivity contribution in [2.45, 2.75) is 19.1 Å². The smallest absolute Gasteiger partial charge is 0.162 e. The van der Waals surface area contributed by atoms with Crippen LogP contribution in [0.5, 0.6) is 0 Å². The summed E-state index contributed by atoms with van der Waals surface area (Å²) in [6, 6.07) is 3.76. The number of hydrogen-bond acceptors (Lipinski definition) is 7. The van der Waals surface area contributed by atoms with Crippen LogP contribution in [0.2, 0.25) is 0 Å². The summed E-state index contributed by atoms with van der Waals surface area (Å²) in [4.78, 5) is 6.78. The Labute approximate surface area is 140 Å². The molecule has 0 aromatic carbocycles. The van der Waals surface area contributed by atoms with Crippen molar-refractivity contribution in [2.24, 2.45) is 0 Å². The Hall–Kier alpha value is -1.25. The molecule has 1 saturated heterocycles. The molecule has 23 heavy (non-hydrogen) atoms. The van der Waals surface area contributed by atoms with Gasteiger partial charge in [0.1, 0.15) is 0 Å². The third-order valence-corrected chi connectivity index (χ3v) is 4.67. The van der Waals surface area contributed by atoms with Crippen molar-refractivity contribution in [3.63, 3.8) is 0 Å². The number of β-amino-alcohol motifs (C(OH)–C–C–N with tert-alkyl or cyclic N) is 1. The topological polar surface area (TPSA) is 70.8 Å². The van der Waals surface area contributed by atoms with Crippen molar-refractivity contribution >= 4 is 11.3 Å². The number of rotatable bonds is 7. The summed E-state index contributed by atoms with van der Waals surface area (Å²) in [5.41, 5.74) is 0.195. The molecule has 0 aliphatic carbocycles. The summed E-state index contributed by atoms with van der Waals surface area (Å²) in [5, 5.41) is 16.7. The van der Waals surface area contributed by atoms with E-state index in [0.29, 0.717) is 19.6 Å². The van der Waals surface area contributed by atoms with Crippen LogP contribution in [0.25, 0.3) is 10.8 Å². The third-order valence-electron chi connectivity index (χ3n) is 3.76. The zero-order valence-electron chi connectivity index (χ0n) is 13.3. The van der Waals surface area contributed by atoms with Gasteiger partial charge >= 0.3 is 0 Å². The number of aliphatic hydroxyl groups is 1. The third kappa shape index (κ3) is 4.86. The molecule has 7 heteroatoms. The molecular weight excluding hydrogens is 314 g/mol. The van der Waals surface area contributed by atoms with Crippen LogP contribution in [0.1, 0.15) is 12.6 Å². The molecule has 6 nitrogen and oxygen atoms in total. The maximum Gasteiger partial charge on any atom is 0.162 e. The molecule has 0 spiro atoms. The summed E-state index contributed by atoms with van der Waals surface area (Å²) >= 11 is 1.56. The highest BCUT2D eigenvalue weighted by atomic mass is 32.1. The standard InChI is InChI=1S/C16H23N3O3S/c1-16(20,12-19-4-7-21-8-5-19)11-17-9-13-10-23-15(18-13)14-3-2-6-22-14/h2-3,6,10,17,20H,4-5,7-9,11-12H2,1H3. The predicted octanol–water partition coefficient (Wildman–Crippen LogP) is 1.58. The second kappa shape index (κ2) is 7.55. The van der Waals surface area contributed by atoms with Crippen molar-refractivity contribution in [3.05, 3.63) is 29.5 Å². The number of hydrogen-bond donors (Lipinski definition) is 2. The van der Waals surface area contributed by atoms with Crippen LogP contribution in [0.15, 0.2) is 28.2 Å². The Morgan fingerprint density at radius 1 is 1.43 bits per heavy atom. The normalized spacial score (nSPS) is 18.9. The molecule has 2 aromatic heterocycles. The lowest BCUT2D eigenvalue weighted by Gasteiger charge is -2.33. The monoisotopic (exact) mass is 337 g/mol. The van der Waals surface area contributed by atoms with Gasteiger partial charge in [-0.1, -0.05) is 0 Å². The van der Waals surface area contributed by atoms with Gasteiger partial charge in [-0.25, -0.2) is 4.98 Å². The maximum absolute atomic E-state index is 10.5. The van der Waals surface area contributed by atoms with E-state index in [1.165, 1.54) is 0 Å². The van der Waals surface area contributed by atoms with Crippen LogP contribution < -0.4 is 5.32 Å². The Bertz CT molecular complexity index is 591. The molecule has 1 aliphatic rings. The van der Waals surface area contributed by atoms with Crippen molar-refractivity contribution in [1.29, 1.82) is 0 Å². The number of ether oxygens (including phenoxy) is 1. The largest absolute Gasteiger partial charge is 0.462 e. The van der Waals surface area contributed by atoms with Crippen LogP contribution in [0.4, 0.5) is 0 Å². The van der Waals surface area contributed by atoms with E-state index < -0.39 is 5.60 Å². The fourth-order valence-corrected chi connectivity index (χ4v) is 3.44. The molecule has 2 aromatic rings. The number of aromatic nitrogens is 1. The quantitative estimate of drug-likeness (QED) is 0.799. The highest BCUT2D eigenvalue weighted by Crippen LogP contribution is 2.23. The summed E-state index contributed by atoms with van der Waals surface area (Å²) < 4.78 is 10.7. The lowest BCUT2D eigenvalue weighted by atomic mass is 10.1. The molecule has 1 fully saturated rings. The maximum atomic E-state index is 10.5. The van der Waals surface area contributed by atoms with E-state index in [0.717, 1.165) is 42.8 Å².